The van der Waals surface area contributed by atoms with Crippen molar-refractivity contribution in [3.05, 3.63) is 30.3 Å². The Morgan fingerprint density at radius 2 is 1.00 bits per heavy atom. The first-order valence-electron chi connectivity index (χ1n) is 8.87. The summed E-state index contributed by atoms with van der Waals surface area (Å²) in [6.45, 7) is 15.1. The van der Waals surface area contributed by atoms with Crippen LogP contribution in [0, 0.1) is 0 Å². The zero-order valence-electron chi connectivity index (χ0n) is 15.3. The first-order chi connectivity index (χ1) is 10.5. The Morgan fingerprint density at radius 3 is 1.27 bits per heavy atom. The van der Waals surface area contributed by atoms with Gasteiger partial charge in [-0.05, 0) is 0 Å². The summed E-state index contributed by atoms with van der Waals surface area (Å²) >= 11 is 3.14. The average Bonchev–Trinajstić information content (AvgIpc) is 2.59. The first kappa shape index (κ1) is 21.5. The van der Waals surface area contributed by atoms with Crippen molar-refractivity contribution in [2.45, 2.75) is 41.5 Å². The van der Waals surface area contributed by atoms with Gasteiger partial charge in [0.2, 0.25) is 0 Å². The molecule has 0 aliphatic rings. The van der Waals surface area contributed by atoms with Gasteiger partial charge in [-0.1, -0.05) is 0 Å². The van der Waals surface area contributed by atoms with Gasteiger partial charge < -0.3 is 0 Å². The fraction of sp³-hybridized carbons (Fsp3) is 0.667. The molecule has 0 N–H and O–H groups in total. The molecule has 0 saturated carbocycles. The van der Waals surface area contributed by atoms with Crippen LogP contribution < -0.4 is 4.04 Å². The molecule has 0 unspecified atom stereocenters. The van der Waals surface area contributed by atoms with Crippen molar-refractivity contribution in [1.29, 1.82) is 0 Å². The van der Waals surface area contributed by atoms with E-state index in [1.54, 1.807) is 0 Å². The molecule has 22 heavy (non-hydrogen) atoms. The summed E-state index contributed by atoms with van der Waals surface area (Å²) < 4.78 is 1.81. The van der Waals surface area contributed by atoms with E-state index in [0.29, 0.717) is 0 Å². The summed E-state index contributed by atoms with van der Waals surface area (Å²) in [6.07, 6.45) is 8.94. The molecule has 0 aliphatic carbocycles. The first-order valence-corrected chi connectivity index (χ1v) is 23.8. The van der Waals surface area contributed by atoms with Crippen LogP contribution in [0.5, 0.6) is 0 Å². The summed E-state index contributed by atoms with van der Waals surface area (Å²) in [5.41, 5.74) is -2.42. The van der Waals surface area contributed by atoms with Crippen molar-refractivity contribution in [1.82, 2.24) is 0 Å². The monoisotopic (exact) mass is 548 g/mol. The average molecular weight is 549 g/mol. The van der Waals surface area contributed by atoms with Crippen LogP contribution in [0.3, 0.4) is 0 Å². The molecule has 0 heterocycles. The van der Waals surface area contributed by atoms with Gasteiger partial charge in [-0.15, -0.1) is 0 Å². The second-order valence-corrected chi connectivity index (χ2v) is 48.5. The van der Waals surface area contributed by atoms with E-state index in [0.717, 1.165) is 0 Å². The van der Waals surface area contributed by atoms with E-state index >= 15 is 0 Å². The molecular formula is C18H37IP2Pd. The van der Waals surface area contributed by atoms with Crippen LogP contribution in [-0.2, 0) is 10.9 Å². The number of halogens is 1. The summed E-state index contributed by atoms with van der Waals surface area (Å²) in [5.74, 6) is 0. The maximum absolute atomic E-state index is 3.14. The molecule has 0 bridgehead atoms. The summed E-state index contributed by atoms with van der Waals surface area (Å²) in [4.78, 5) is 0. The zero-order chi connectivity index (χ0) is 16.9. The molecule has 0 spiro atoms. The van der Waals surface area contributed by atoms with Crippen LogP contribution in [0.25, 0.3) is 0 Å². The molecule has 0 atom stereocenters. The van der Waals surface area contributed by atoms with Crippen LogP contribution in [-0.4, -0.2) is 37.0 Å². The molecular weight excluding hydrogens is 511 g/mol. The fourth-order valence-electron chi connectivity index (χ4n) is 3.72. The molecule has 0 aromatic heterocycles. The Labute approximate surface area is 153 Å². The third-order valence-electron chi connectivity index (χ3n) is 5.56. The van der Waals surface area contributed by atoms with Crippen molar-refractivity contribution in [2.24, 2.45) is 0 Å². The topological polar surface area (TPSA) is 0 Å². The summed E-state index contributed by atoms with van der Waals surface area (Å²) in [5, 5.41) is 0. The Kier molecular flexibility index (Phi) is 9.04. The quantitative estimate of drug-likeness (QED) is 0.194. The molecule has 0 amide bonds. The van der Waals surface area contributed by atoms with Gasteiger partial charge in [0.25, 0.3) is 0 Å². The minimum atomic E-state index is -1.59. The molecule has 136 valence electrons. The number of rotatable bonds is 9. The van der Waals surface area contributed by atoms with Crippen LogP contribution >= 0.6 is 30.4 Å². The standard InChI is InChI=1S/2C6H15P.C6H5.HI.Pd/c2*1-4-7(5-2)6-3;1-2-4-6-5-3-1;;/h2*4-6H2,1-3H3;1-5H;1H;/q;;;;-1/p+1. The van der Waals surface area contributed by atoms with E-state index in [1.807, 2.05) is 4.04 Å². The van der Waals surface area contributed by atoms with E-state index in [1.165, 1.54) is 37.0 Å². The summed E-state index contributed by atoms with van der Waals surface area (Å²) in [7, 11) is -1.59. The zero-order valence-corrected chi connectivity index (χ0v) is 21.0. The Hall–Kier alpha value is 1.47. The Balaban J connectivity index is 3.72. The van der Waals surface area contributed by atoms with Gasteiger partial charge in [0.15, 0.2) is 0 Å². The molecule has 0 saturated heterocycles. The molecule has 0 aliphatic heterocycles. The van der Waals surface area contributed by atoms with E-state index < -0.39 is 21.8 Å². The minimum absolute atomic E-state index is 1.21. The Morgan fingerprint density at radius 1 is 0.682 bits per heavy atom. The van der Waals surface area contributed by atoms with Crippen LogP contribution in [0.4, 0.5) is 0 Å². The molecule has 0 nitrogen and oxygen atoms in total. The van der Waals surface area contributed by atoms with E-state index in [2.05, 4.69) is 91.4 Å². The normalized spacial score (nSPS) is 18.5. The second-order valence-electron chi connectivity index (χ2n) is 5.97. The number of benzene rings is 1. The van der Waals surface area contributed by atoms with Crippen LogP contribution in [0.1, 0.15) is 41.5 Å². The van der Waals surface area contributed by atoms with Crippen molar-refractivity contribution >= 4 is 34.5 Å². The third-order valence-corrected chi connectivity index (χ3v) is 82.1. The predicted octanol–water partition coefficient (Wildman–Crippen LogP) is 6.27. The van der Waals surface area contributed by atoms with Gasteiger partial charge in [0, 0.05) is 0 Å². The fourth-order valence-corrected chi connectivity index (χ4v) is 88.5. The van der Waals surface area contributed by atoms with E-state index in [-0.39, 0.29) is 0 Å². The van der Waals surface area contributed by atoms with Crippen molar-refractivity contribution in [2.75, 3.05) is 37.0 Å². The SMILES string of the molecule is CC[PH](CC)(CC)[Pd]([I])([c]1ccccc1)[PH](CC)(CC)CC. The molecule has 0 radical (unpaired) electrons. The van der Waals surface area contributed by atoms with Gasteiger partial charge in [-0.3, -0.25) is 0 Å². The second kappa shape index (κ2) is 9.25. The van der Waals surface area contributed by atoms with E-state index in [9.17, 15) is 0 Å². The van der Waals surface area contributed by atoms with Crippen LogP contribution in [0.2, 0.25) is 0 Å². The van der Waals surface area contributed by atoms with Gasteiger partial charge in [-0.2, -0.15) is 0 Å². The van der Waals surface area contributed by atoms with Crippen molar-refractivity contribution in [3.63, 3.8) is 0 Å². The van der Waals surface area contributed by atoms with Gasteiger partial charge in [0.05, 0.1) is 0 Å². The van der Waals surface area contributed by atoms with Crippen molar-refractivity contribution in [3.8, 4) is 0 Å². The van der Waals surface area contributed by atoms with Crippen LogP contribution in [0.15, 0.2) is 30.3 Å². The third kappa shape index (κ3) is 3.40. The Bertz CT molecular complexity index is 405. The molecule has 1 rings (SSSR count). The predicted molar refractivity (Wildman–Crippen MR) is 120 cm³/mol. The van der Waals surface area contributed by atoms with E-state index in [4.69, 9.17) is 0 Å². The molecule has 0 fully saturated rings. The van der Waals surface area contributed by atoms with Gasteiger partial charge in [-0.25, -0.2) is 0 Å². The van der Waals surface area contributed by atoms with Gasteiger partial charge >= 0.3 is 154 Å². The molecule has 1 aromatic rings. The van der Waals surface area contributed by atoms with Crippen molar-refractivity contribution < 1.29 is 10.9 Å². The maximum atomic E-state index is 3.14. The molecule has 1 aromatic carbocycles. The van der Waals surface area contributed by atoms with Gasteiger partial charge in [0.1, 0.15) is 0 Å². The summed E-state index contributed by atoms with van der Waals surface area (Å²) in [6, 6.07) is 11.8. The molecule has 4 heteroatoms. The number of hydrogen-bond acceptors (Lipinski definition) is 0. The number of hydrogen-bond donors (Lipinski definition) is 0.